The maximum Gasteiger partial charge on any atom is 0.456 e. The number of ketones is 1. The highest BCUT2D eigenvalue weighted by Gasteiger charge is 2.42. The zero-order valence-electron chi connectivity index (χ0n) is 21.2. The van der Waals surface area contributed by atoms with Crippen molar-refractivity contribution in [3.63, 3.8) is 0 Å². The van der Waals surface area contributed by atoms with Crippen molar-refractivity contribution >= 4 is 22.8 Å². The van der Waals surface area contributed by atoms with Gasteiger partial charge in [-0.25, -0.2) is 4.52 Å². The minimum Gasteiger partial charge on any atom is -0.488 e. The number of morpholine rings is 1. The van der Waals surface area contributed by atoms with Crippen molar-refractivity contribution in [3.8, 4) is 16.9 Å². The molecule has 39 heavy (non-hydrogen) atoms. The lowest BCUT2D eigenvalue weighted by atomic mass is 9.94. The summed E-state index contributed by atoms with van der Waals surface area (Å²) in [6.45, 7) is 3.26. The molecule has 13 heteroatoms. The normalized spacial score (nSPS) is 21.2. The Morgan fingerprint density at radius 1 is 1.18 bits per heavy atom. The number of hydrogen-bond donors (Lipinski definition) is 2. The molecule has 2 bridgehead atoms. The summed E-state index contributed by atoms with van der Waals surface area (Å²) in [5.74, 6) is -1.08. The molecule has 1 unspecified atom stereocenters. The van der Waals surface area contributed by atoms with Crippen molar-refractivity contribution in [2.45, 2.75) is 44.1 Å². The van der Waals surface area contributed by atoms with Gasteiger partial charge in [0.15, 0.2) is 11.5 Å². The first-order valence-electron chi connectivity index (χ1n) is 12.5. The highest BCUT2D eigenvalue weighted by Crippen LogP contribution is 2.34. The molecule has 0 spiro atoms. The number of nitrogens with zero attached hydrogens (tertiary/aromatic N) is 5. The topological polar surface area (TPSA) is 108 Å². The van der Waals surface area contributed by atoms with Crippen LogP contribution < -0.4 is 15.4 Å². The zero-order chi connectivity index (χ0) is 27.3. The molecule has 2 saturated heterocycles. The minimum absolute atomic E-state index is 0.0380. The molecule has 4 aromatic rings. The summed E-state index contributed by atoms with van der Waals surface area (Å²) >= 11 is 0. The van der Waals surface area contributed by atoms with Crippen LogP contribution in [0.1, 0.15) is 29.0 Å². The maximum atomic E-state index is 13.0. The molecular formula is C26H26F3N7O3. The lowest BCUT2D eigenvalue weighted by Gasteiger charge is -2.40. The number of carbonyl (C=O) groups is 1. The summed E-state index contributed by atoms with van der Waals surface area (Å²) in [4.78, 5) is 16.3. The molecular weight excluding hydrogens is 515 g/mol. The summed E-state index contributed by atoms with van der Waals surface area (Å²) < 4.78 is 54.0. The smallest absolute Gasteiger partial charge is 0.456 e. The van der Waals surface area contributed by atoms with Crippen LogP contribution in [0, 0.1) is 6.92 Å². The number of rotatable bonds is 6. The fraction of sp³-hybridized carbons (Fsp3) is 0.385. The summed E-state index contributed by atoms with van der Waals surface area (Å²) in [6.07, 6.45) is 1.49. The molecule has 2 aliphatic rings. The number of piperidine rings is 1. The molecule has 2 fully saturated rings. The standard InChI is InChI=1S/C26H26F3N7O3/c1-14-5-20(22(10-30-14)39-19-7-16-12-38-13-17(8-19)31-16)15-3-4-36-18(6-15)9-23(33-36)32-21-11-35(2)34-24(21)25(37)26(27,28)29/h3-6,9-11,16-17,19,31H,7-8,12-13H2,1-2H3,(H,32,33)/t16-,17+,19?. The number of nitrogens with one attached hydrogen (secondary N) is 2. The van der Waals surface area contributed by atoms with E-state index in [9.17, 15) is 18.0 Å². The summed E-state index contributed by atoms with van der Waals surface area (Å²) in [7, 11) is 1.44. The Labute approximate surface area is 221 Å². The van der Waals surface area contributed by atoms with Crippen LogP contribution in [-0.4, -0.2) is 67.7 Å². The van der Waals surface area contributed by atoms with Crippen LogP contribution >= 0.6 is 0 Å². The molecule has 6 heterocycles. The molecule has 0 saturated carbocycles. The number of pyridine rings is 2. The first-order valence-corrected chi connectivity index (χ1v) is 12.5. The fourth-order valence-electron chi connectivity index (χ4n) is 5.17. The zero-order valence-corrected chi connectivity index (χ0v) is 21.2. The molecule has 2 N–H and O–H groups in total. The van der Waals surface area contributed by atoms with Crippen LogP contribution in [0.2, 0.25) is 0 Å². The Balaban J connectivity index is 1.27. The van der Waals surface area contributed by atoms with Crippen molar-refractivity contribution in [1.29, 1.82) is 0 Å². The maximum absolute atomic E-state index is 13.0. The number of aromatic nitrogens is 5. The molecule has 0 aromatic carbocycles. The van der Waals surface area contributed by atoms with E-state index in [1.54, 1.807) is 23.0 Å². The van der Waals surface area contributed by atoms with Crippen LogP contribution in [0.15, 0.2) is 42.9 Å². The Hall–Kier alpha value is -3.97. The highest BCUT2D eigenvalue weighted by atomic mass is 19.4. The summed E-state index contributed by atoms with van der Waals surface area (Å²) in [5, 5.41) is 14.4. The van der Waals surface area contributed by atoms with Crippen LogP contribution in [0.3, 0.4) is 0 Å². The van der Waals surface area contributed by atoms with E-state index in [4.69, 9.17) is 9.47 Å². The number of fused-ring (bicyclic) bond motifs is 3. The Bertz CT molecular complexity index is 1540. The molecule has 2 aliphatic heterocycles. The van der Waals surface area contributed by atoms with Gasteiger partial charge in [0, 0.05) is 61.7 Å². The number of alkyl halides is 3. The first kappa shape index (κ1) is 25.3. The van der Waals surface area contributed by atoms with Gasteiger partial charge < -0.3 is 20.1 Å². The van der Waals surface area contributed by atoms with Gasteiger partial charge in [-0.05, 0) is 30.7 Å². The quantitative estimate of drug-likeness (QED) is 0.355. The Kier molecular flexibility index (Phi) is 6.26. The van der Waals surface area contributed by atoms with Gasteiger partial charge in [0.2, 0.25) is 0 Å². The van der Waals surface area contributed by atoms with E-state index in [1.165, 1.54) is 13.2 Å². The van der Waals surface area contributed by atoms with Gasteiger partial charge in [-0.3, -0.25) is 14.5 Å². The highest BCUT2D eigenvalue weighted by molar-refractivity contribution is 6.03. The first-order chi connectivity index (χ1) is 18.6. The summed E-state index contributed by atoms with van der Waals surface area (Å²) in [5.41, 5.74) is 2.48. The lowest BCUT2D eigenvalue weighted by molar-refractivity contribution is -0.0888. The van der Waals surface area contributed by atoms with Gasteiger partial charge in [-0.1, -0.05) is 0 Å². The van der Waals surface area contributed by atoms with Crippen LogP contribution in [0.5, 0.6) is 5.75 Å². The van der Waals surface area contributed by atoms with E-state index in [0.29, 0.717) is 24.5 Å². The molecule has 0 amide bonds. The van der Waals surface area contributed by atoms with E-state index >= 15 is 0 Å². The SMILES string of the molecule is Cc1cc(-c2ccn3nc(Nc4cn(C)nc4C(=O)C(F)(F)F)cc3c2)c(OC2C[C@H]3COC[C@@H](C2)N3)cn1. The van der Waals surface area contributed by atoms with E-state index in [1.807, 2.05) is 25.1 Å². The molecule has 0 radical (unpaired) electrons. The third-order valence-electron chi connectivity index (χ3n) is 6.84. The number of ether oxygens (including phenoxy) is 2. The number of carbonyl (C=O) groups excluding carboxylic acids is 1. The number of halogens is 3. The number of anilines is 2. The van der Waals surface area contributed by atoms with Gasteiger partial charge in [0.05, 0.1) is 30.6 Å². The van der Waals surface area contributed by atoms with E-state index in [0.717, 1.165) is 34.3 Å². The predicted molar refractivity (Wildman–Crippen MR) is 135 cm³/mol. The molecule has 10 nitrogen and oxygen atoms in total. The molecule has 0 aliphatic carbocycles. The van der Waals surface area contributed by atoms with Crippen LogP contribution in [0.25, 0.3) is 16.6 Å². The molecule has 3 atom stereocenters. The number of hydrogen-bond acceptors (Lipinski definition) is 8. The van der Waals surface area contributed by atoms with E-state index in [-0.39, 0.29) is 29.7 Å². The van der Waals surface area contributed by atoms with Crippen molar-refractivity contribution in [2.75, 3.05) is 18.5 Å². The number of aryl methyl sites for hydroxylation is 2. The second kappa shape index (κ2) is 9.65. The second-order valence-electron chi connectivity index (χ2n) is 9.96. The van der Waals surface area contributed by atoms with Crippen molar-refractivity contribution < 1.29 is 27.4 Å². The van der Waals surface area contributed by atoms with E-state index < -0.39 is 17.7 Å². The monoisotopic (exact) mass is 541 g/mol. The van der Waals surface area contributed by atoms with Gasteiger partial charge >= 0.3 is 6.18 Å². The largest absolute Gasteiger partial charge is 0.488 e. The van der Waals surface area contributed by atoms with Crippen LogP contribution in [0.4, 0.5) is 24.7 Å². The van der Waals surface area contributed by atoms with Gasteiger partial charge in [-0.2, -0.15) is 23.4 Å². The third-order valence-corrected chi connectivity index (χ3v) is 6.84. The average Bonchev–Trinajstić information content (AvgIpc) is 3.45. The number of Topliss-reactive ketones (excluding diaryl/α,β-unsaturated/α-hetero) is 1. The second-order valence-corrected chi connectivity index (χ2v) is 9.96. The lowest BCUT2D eigenvalue weighted by Crippen LogP contribution is -2.56. The third kappa shape index (κ3) is 5.19. The summed E-state index contributed by atoms with van der Waals surface area (Å²) in [6, 6.07) is 7.98. The van der Waals surface area contributed by atoms with E-state index in [2.05, 4.69) is 25.8 Å². The molecule has 204 valence electrons. The average molecular weight is 542 g/mol. The Morgan fingerprint density at radius 3 is 2.69 bits per heavy atom. The Morgan fingerprint density at radius 2 is 1.95 bits per heavy atom. The van der Waals surface area contributed by atoms with Crippen molar-refractivity contribution in [3.05, 3.63) is 54.2 Å². The van der Waals surface area contributed by atoms with Crippen molar-refractivity contribution in [2.24, 2.45) is 7.05 Å². The predicted octanol–water partition coefficient (Wildman–Crippen LogP) is 3.83. The molecule has 4 aromatic heterocycles. The fourth-order valence-corrected chi connectivity index (χ4v) is 5.17. The van der Waals surface area contributed by atoms with Crippen LogP contribution in [-0.2, 0) is 11.8 Å². The van der Waals surface area contributed by atoms with Gasteiger partial charge in [-0.15, -0.1) is 0 Å². The molecule has 6 rings (SSSR count). The van der Waals surface area contributed by atoms with Crippen molar-refractivity contribution in [1.82, 2.24) is 29.7 Å². The van der Waals surface area contributed by atoms with Gasteiger partial charge in [0.25, 0.3) is 5.78 Å². The minimum atomic E-state index is -5.04. The van der Waals surface area contributed by atoms with Gasteiger partial charge in [0.1, 0.15) is 11.9 Å².